The zero-order chi connectivity index (χ0) is 24.7. The second-order valence-corrected chi connectivity index (χ2v) is 9.87. The predicted molar refractivity (Wildman–Crippen MR) is 149 cm³/mol. The van der Waals surface area contributed by atoms with Gasteiger partial charge in [-0.2, -0.15) is 0 Å². The van der Waals surface area contributed by atoms with Gasteiger partial charge in [0.15, 0.2) is 5.11 Å². The Morgan fingerprint density at radius 1 is 0.943 bits per heavy atom. The van der Waals surface area contributed by atoms with Crippen LogP contribution in [-0.4, -0.2) is 28.8 Å². The molecule has 35 heavy (non-hydrogen) atoms. The summed E-state index contributed by atoms with van der Waals surface area (Å²) in [5.74, 6) is 0. The van der Waals surface area contributed by atoms with Crippen LogP contribution in [0.5, 0.6) is 0 Å². The van der Waals surface area contributed by atoms with Gasteiger partial charge in [0.05, 0.1) is 17.8 Å². The summed E-state index contributed by atoms with van der Waals surface area (Å²) in [7, 11) is 4.11. The first-order valence-corrected chi connectivity index (χ1v) is 12.4. The summed E-state index contributed by atoms with van der Waals surface area (Å²) >= 11 is 12.1. The van der Waals surface area contributed by atoms with E-state index >= 15 is 0 Å². The third-order valence-electron chi connectivity index (χ3n) is 6.62. The molecule has 1 saturated heterocycles. The maximum absolute atomic E-state index is 6.20. The molecular weight excluding hydrogens is 474 g/mol. The highest BCUT2D eigenvalue weighted by Gasteiger charge is 2.42. The summed E-state index contributed by atoms with van der Waals surface area (Å²) in [5, 5.41) is 4.92. The molecule has 1 aliphatic heterocycles. The van der Waals surface area contributed by atoms with Gasteiger partial charge in [-0.3, -0.25) is 4.98 Å². The van der Waals surface area contributed by atoms with E-state index in [1.807, 2.05) is 42.6 Å². The van der Waals surface area contributed by atoms with E-state index in [0.29, 0.717) is 10.1 Å². The molecule has 7 heteroatoms. The van der Waals surface area contributed by atoms with E-state index in [-0.39, 0.29) is 12.1 Å². The molecule has 2 atom stereocenters. The summed E-state index contributed by atoms with van der Waals surface area (Å²) in [6.45, 7) is 4.33. The van der Waals surface area contributed by atoms with Gasteiger partial charge in [0.1, 0.15) is 0 Å². The molecule has 0 spiro atoms. The van der Waals surface area contributed by atoms with Gasteiger partial charge in [-0.05, 0) is 98.4 Å². The van der Waals surface area contributed by atoms with E-state index in [1.54, 1.807) is 0 Å². The van der Waals surface area contributed by atoms with Gasteiger partial charge in [0.2, 0.25) is 0 Å². The van der Waals surface area contributed by atoms with Crippen molar-refractivity contribution in [3.05, 3.63) is 107 Å². The molecule has 178 valence electrons. The maximum atomic E-state index is 6.20. The van der Waals surface area contributed by atoms with Gasteiger partial charge < -0.3 is 19.7 Å². The molecule has 1 aliphatic rings. The van der Waals surface area contributed by atoms with Crippen molar-refractivity contribution in [2.24, 2.45) is 0 Å². The molecule has 5 nitrogen and oxygen atoms in total. The molecule has 2 aromatic heterocycles. The number of nitrogens with zero attached hydrogens (tertiary/aromatic N) is 4. The Morgan fingerprint density at radius 3 is 2.26 bits per heavy atom. The highest BCUT2D eigenvalue weighted by Crippen LogP contribution is 2.43. The molecule has 0 amide bonds. The summed E-state index contributed by atoms with van der Waals surface area (Å²) in [6, 6.07) is 24.6. The Bertz CT molecular complexity index is 1350. The molecule has 0 unspecified atom stereocenters. The number of rotatable bonds is 5. The Labute approximate surface area is 217 Å². The van der Waals surface area contributed by atoms with Crippen LogP contribution in [0, 0.1) is 13.8 Å². The standard InChI is InChI=1S/C28H28ClN5S/c1-18-17-24(19(2)33(18)22-14-12-21(13-15-22)32(3)4)27-26(25-7-5-6-16-30-25)31-28(35)34(27)23-10-8-20(29)9-11-23/h5-17,26-27H,1-4H3,(H,31,35)/t26-,27-/m1/s1. The maximum Gasteiger partial charge on any atom is 0.174 e. The van der Waals surface area contributed by atoms with Crippen molar-refractivity contribution in [3.8, 4) is 5.69 Å². The number of anilines is 2. The molecule has 1 fully saturated rings. The normalized spacial score (nSPS) is 17.5. The van der Waals surface area contributed by atoms with Crippen LogP contribution in [0.15, 0.2) is 79.0 Å². The fourth-order valence-electron chi connectivity index (χ4n) is 4.93. The van der Waals surface area contributed by atoms with E-state index in [9.17, 15) is 0 Å². The number of nitrogens with one attached hydrogen (secondary N) is 1. The highest BCUT2D eigenvalue weighted by molar-refractivity contribution is 7.80. The van der Waals surface area contributed by atoms with Crippen LogP contribution in [0.25, 0.3) is 5.69 Å². The minimum Gasteiger partial charge on any atom is -0.378 e. The van der Waals surface area contributed by atoms with Crippen molar-refractivity contribution in [1.29, 1.82) is 0 Å². The van der Waals surface area contributed by atoms with Crippen molar-refractivity contribution < 1.29 is 0 Å². The Kier molecular flexibility index (Phi) is 6.26. The van der Waals surface area contributed by atoms with Gasteiger partial charge in [0.25, 0.3) is 0 Å². The molecule has 0 aliphatic carbocycles. The Hall–Kier alpha value is -3.35. The van der Waals surface area contributed by atoms with Crippen LogP contribution >= 0.6 is 23.8 Å². The predicted octanol–water partition coefficient (Wildman–Crippen LogP) is 6.39. The van der Waals surface area contributed by atoms with Crippen molar-refractivity contribution in [2.75, 3.05) is 23.9 Å². The minimum atomic E-state index is -0.0931. The van der Waals surface area contributed by atoms with Crippen molar-refractivity contribution in [1.82, 2.24) is 14.9 Å². The molecule has 5 rings (SSSR count). The van der Waals surface area contributed by atoms with E-state index in [0.717, 1.165) is 17.1 Å². The summed E-state index contributed by atoms with van der Waals surface area (Å²) in [5.41, 5.74) is 7.81. The SMILES string of the molecule is Cc1cc([C@@H]2[C@@H](c3ccccn3)NC(=S)N2c2ccc(Cl)cc2)c(C)n1-c1ccc(N(C)C)cc1. The van der Waals surface area contributed by atoms with Crippen LogP contribution in [0.1, 0.15) is 34.7 Å². The topological polar surface area (TPSA) is 36.3 Å². The number of benzene rings is 2. The zero-order valence-electron chi connectivity index (χ0n) is 20.2. The number of aromatic nitrogens is 2. The molecular formula is C28H28ClN5S. The number of thiocarbonyl (C=S) groups is 1. The first-order valence-electron chi connectivity index (χ1n) is 11.6. The van der Waals surface area contributed by atoms with Gasteiger partial charge in [0, 0.05) is 53.8 Å². The molecule has 3 heterocycles. The summed E-state index contributed by atoms with van der Waals surface area (Å²) in [4.78, 5) is 8.97. The zero-order valence-corrected chi connectivity index (χ0v) is 21.8. The van der Waals surface area contributed by atoms with E-state index in [1.165, 1.54) is 22.6 Å². The third kappa shape index (κ3) is 4.28. The minimum absolute atomic E-state index is 0.0698. The Balaban J connectivity index is 1.64. The van der Waals surface area contributed by atoms with E-state index < -0.39 is 0 Å². The monoisotopic (exact) mass is 501 g/mol. The smallest absolute Gasteiger partial charge is 0.174 e. The molecule has 4 aromatic rings. The Morgan fingerprint density at radius 2 is 1.63 bits per heavy atom. The fourth-order valence-corrected chi connectivity index (χ4v) is 5.41. The van der Waals surface area contributed by atoms with Crippen LogP contribution in [0.2, 0.25) is 5.02 Å². The van der Waals surface area contributed by atoms with Crippen molar-refractivity contribution >= 4 is 40.3 Å². The fraction of sp³-hybridized carbons (Fsp3) is 0.214. The number of halogens is 1. The van der Waals surface area contributed by atoms with E-state index in [2.05, 4.69) is 89.0 Å². The van der Waals surface area contributed by atoms with Crippen molar-refractivity contribution in [2.45, 2.75) is 25.9 Å². The van der Waals surface area contributed by atoms with Crippen molar-refractivity contribution in [3.63, 3.8) is 0 Å². The molecule has 0 bridgehead atoms. The quantitative estimate of drug-likeness (QED) is 0.321. The van der Waals surface area contributed by atoms with Crippen LogP contribution in [0.4, 0.5) is 11.4 Å². The molecule has 2 aromatic carbocycles. The van der Waals surface area contributed by atoms with Crippen LogP contribution in [-0.2, 0) is 0 Å². The van der Waals surface area contributed by atoms with Gasteiger partial charge in [-0.15, -0.1) is 0 Å². The molecule has 0 radical (unpaired) electrons. The van der Waals surface area contributed by atoms with Crippen LogP contribution < -0.4 is 15.1 Å². The number of aryl methyl sites for hydroxylation is 1. The third-order valence-corrected chi connectivity index (χ3v) is 7.18. The van der Waals surface area contributed by atoms with Crippen LogP contribution in [0.3, 0.4) is 0 Å². The lowest BCUT2D eigenvalue weighted by molar-refractivity contribution is 0.565. The first-order chi connectivity index (χ1) is 16.8. The average Bonchev–Trinajstić information content (AvgIpc) is 3.35. The lowest BCUT2D eigenvalue weighted by Gasteiger charge is -2.28. The summed E-state index contributed by atoms with van der Waals surface area (Å²) in [6.07, 6.45) is 1.83. The number of hydrogen-bond acceptors (Lipinski definition) is 3. The number of hydrogen-bond donors (Lipinski definition) is 1. The molecule has 1 N–H and O–H groups in total. The average molecular weight is 502 g/mol. The van der Waals surface area contributed by atoms with Gasteiger partial charge >= 0.3 is 0 Å². The second-order valence-electron chi connectivity index (χ2n) is 9.05. The first kappa shape index (κ1) is 23.4. The highest BCUT2D eigenvalue weighted by atomic mass is 35.5. The largest absolute Gasteiger partial charge is 0.378 e. The van der Waals surface area contributed by atoms with Gasteiger partial charge in [-0.25, -0.2) is 0 Å². The lowest BCUT2D eigenvalue weighted by atomic mass is 9.96. The summed E-state index contributed by atoms with van der Waals surface area (Å²) < 4.78 is 2.31. The number of pyridine rings is 1. The molecule has 0 saturated carbocycles. The second kappa shape index (κ2) is 9.36. The lowest BCUT2D eigenvalue weighted by Crippen LogP contribution is -2.29. The van der Waals surface area contributed by atoms with E-state index in [4.69, 9.17) is 23.8 Å². The van der Waals surface area contributed by atoms with Gasteiger partial charge in [-0.1, -0.05) is 17.7 Å².